The molecule has 1 aromatic carbocycles. The predicted octanol–water partition coefficient (Wildman–Crippen LogP) is 1.06. The lowest BCUT2D eigenvalue weighted by atomic mass is 9.99. The molecular formula is C17H26N2O3. The highest BCUT2D eigenvalue weighted by atomic mass is 16.5. The van der Waals surface area contributed by atoms with Crippen LogP contribution in [0.1, 0.15) is 18.4 Å². The number of nitrogens with zero attached hydrogens (tertiary/aromatic N) is 1. The number of piperidine rings is 1. The van der Waals surface area contributed by atoms with E-state index in [2.05, 4.69) is 10.2 Å². The van der Waals surface area contributed by atoms with Crippen molar-refractivity contribution in [3.63, 3.8) is 0 Å². The summed E-state index contributed by atoms with van der Waals surface area (Å²) in [6.45, 7) is 3.00. The van der Waals surface area contributed by atoms with Crippen molar-refractivity contribution in [1.29, 1.82) is 0 Å². The van der Waals surface area contributed by atoms with Gasteiger partial charge in [-0.3, -0.25) is 9.69 Å². The number of aliphatic hydroxyl groups excluding tert-OH is 1. The van der Waals surface area contributed by atoms with E-state index >= 15 is 0 Å². The molecule has 2 rings (SSSR count). The third kappa shape index (κ3) is 5.00. The first-order valence-electron chi connectivity index (χ1n) is 7.94. The molecule has 0 saturated carbocycles. The maximum Gasteiger partial charge on any atom is 0.234 e. The van der Waals surface area contributed by atoms with Crippen LogP contribution in [0.2, 0.25) is 0 Å². The molecule has 122 valence electrons. The van der Waals surface area contributed by atoms with Gasteiger partial charge >= 0.3 is 0 Å². The number of aliphatic hydroxyl groups is 1. The van der Waals surface area contributed by atoms with Crippen molar-refractivity contribution in [1.82, 2.24) is 10.2 Å². The first-order valence-corrected chi connectivity index (χ1v) is 7.94. The van der Waals surface area contributed by atoms with Crippen LogP contribution < -0.4 is 10.1 Å². The molecule has 2 N–H and O–H groups in total. The van der Waals surface area contributed by atoms with Gasteiger partial charge in [-0.15, -0.1) is 0 Å². The Bertz CT molecular complexity index is 479. The molecule has 1 aliphatic heterocycles. The van der Waals surface area contributed by atoms with Gasteiger partial charge in [-0.1, -0.05) is 18.2 Å². The largest absolute Gasteiger partial charge is 0.496 e. The standard InChI is InChI=1S/C17H26N2O3/c1-22-16-7-3-2-6-15(16)8-9-18-17(21)12-19-10-4-5-14(11-19)13-20/h2-3,6-7,14,20H,4-5,8-13H2,1H3,(H,18,21). The van der Waals surface area contributed by atoms with E-state index in [0.717, 1.165) is 43.7 Å². The summed E-state index contributed by atoms with van der Waals surface area (Å²) in [5.41, 5.74) is 1.10. The van der Waals surface area contributed by atoms with Crippen LogP contribution in [0.5, 0.6) is 5.75 Å². The average molecular weight is 306 g/mol. The Morgan fingerprint density at radius 2 is 2.27 bits per heavy atom. The first kappa shape index (κ1) is 16.8. The minimum absolute atomic E-state index is 0.0495. The van der Waals surface area contributed by atoms with E-state index in [4.69, 9.17) is 4.74 Å². The van der Waals surface area contributed by atoms with Crippen molar-refractivity contribution < 1.29 is 14.6 Å². The molecule has 5 nitrogen and oxygen atoms in total. The van der Waals surface area contributed by atoms with Crippen LogP contribution in [0.4, 0.5) is 0 Å². The van der Waals surface area contributed by atoms with Crippen LogP contribution in [0, 0.1) is 5.92 Å². The molecule has 0 radical (unpaired) electrons. The molecule has 0 spiro atoms. The van der Waals surface area contributed by atoms with Crippen LogP contribution in [0.25, 0.3) is 0 Å². The fourth-order valence-corrected chi connectivity index (χ4v) is 2.95. The molecule has 0 bridgehead atoms. The van der Waals surface area contributed by atoms with Crippen molar-refractivity contribution in [2.75, 3.05) is 39.9 Å². The summed E-state index contributed by atoms with van der Waals surface area (Å²) >= 11 is 0. The Hall–Kier alpha value is -1.59. The van der Waals surface area contributed by atoms with Gasteiger partial charge in [0.1, 0.15) is 5.75 Å². The Morgan fingerprint density at radius 3 is 3.05 bits per heavy atom. The zero-order valence-corrected chi connectivity index (χ0v) is 13.3. The molecule has 0 aromatic heterocycles. The fraction of sp³-hybridized carbons (Fsp3) is 0.588. The van der Waals surface area contributed by atoms with E-state index < -0.39 is 0 Å². The van der Waals surface area contributed by atoms with Gasteiger partial charge in [-0.05, 0) is 43.4 Å². The molecule has 1 atom stereocenters. The highest BCUT2D eigenvalue weighted by Crippen LogP contribution is 2.17. The highest BCUT2D eigenvalue weighted by molar-refractivity contribution is 5.78. The minimum Gasteiger partial charge on any atom is -0.496 e. The number of carbonyl (C=O) groups is 1. The minimum atomic E-state index is 0.0495. The van der Waals surface area contributed by atoms with E-state index in [1.165, 1.54) is 0 Å². The second kappa shape index (κ2) is 8.76. The number of ether oxygens (including phenoxy) is 1. The molecule has 1 fully saturated rings. The summed E-state index contributed by atoms with van der Waals surface area (Å²) in [5, 5.41) is 12.2. The second-order valence-corrected chi connectivity index (χ2v) is 5.84. The molecule has 1 heterocycles. The third-order valence-electron chi connectivity index (χ3n) is 4.14. The van der Waals surface area contributed by atoms with Gasteiger partial charge in [-0.2, -0.15) is 0 Å². The van der Waals surface area contributed by atoms with Crippen LogP contribution in [0.15, 0.2) is 24.3 Å². The van der Waals surface area contributed by atoms with Crippen molar-refractivity contribution in [2.45, 2.75) is 19.3 Å². The molecule has 1 saturated heterocycles. The normalized spacial score (nSPS) is 18.9. The summed E-state index contributed by atoms with van der Waals surface area (Å²) in [7, 11) is 1.66. The van der Waals surface area contributed by atoms with E-state index in [9.17, 15) is 9.90 Å². The average Bonchev–Trinajstić information content (AvgIpc) is 2.55. The predicted molar refractivity (Wildman–Crippen MR) is 86.0 cm³/mol. The number of likely N-dealkylation sites (tertiary alicyclic amines) is 1. The topological polar surface area (TPSA) is 61.8 Å². The fourth-order valence-electron chi connectivity index (χ4n) is 2.95. The maximum absolute atomic E-state index is 12.0. The maximum atomic E-state index is 12.0. The number of amides is 1. The summed E-state index contributed by atoms with van der Waals surface area (Å²) in [6.07, 6.45) is 2.87. The summed E-state index contributed by atoms with van der Waals surface area (Å²) in [6, 6.07) is 7.86. The van der Waals surface area contributed by atoms with Gasteiger partial charge in [0.25, 0.3) is 0 Å². The molecule has 1 unspecified atom stereocenters. The number of hydrogen-bond acceptors (Lipinski definition) is 4. The zero-order valence-electron chi connectivity index (χ0n) is 13.3. The number of hydrogen-bond donors (Lipinski definition) is 2. The molecule has 22 heavy (non-hydrogen) atoms. The highest BCUT2D eigenvalue weighted by Gasteiger charge is 2.20. The molecule has 0 aliphatic carbocycles. The zero-order chi connectivity index (χ0) is 15.8. The van der Waals surface area contributed by atoms with Crippen molar-refractivity contribution in [3.05, 3.63) is 29.8 Å². The van der Waals surface area contributed by atoms with Crippen LogP contribution in [0.3, 0.4) is 0 Å². The summed E-state index contributed by atoms with van der Waals surface area (Å²) in [5.74, 6) is 1.22. The van der Waals surface area contributed by atoms with Crippen molar-refractivity contribution in [2.24, 2.45) is 5.92 Å². The lowest BCUT2D eigenvalue weighted by Crippen LogP contribution is -2.43. The van der Waals surface area contributed by atoms with Crippen molar-refractivity contribution >= 4 is 5.91 Å². The summed E-state index contributed by atoms with van der Waals surface area (Å²) < 4.78 is 5.30. The first-order chi connectivity index (χ1) is 10.7. The Balaban J connectivity index is 1.71. The number of para-hydroxylation sites is 1. The SMILES string of the molecule is COc1ccccc1CCNC(=O)CN1CCCC(CO)C1. The van der Waals surface area contributed by atoms with E-state index in [-0.39, 0.29) is 12.5 Å². The Morgan fingerprint density at radius 1 is 1.45 bits per heavy atom. The molecule has 5 heteroatoms. The summed E-state index contributed by atoms with van der Waals surface area (Å²) in [4.78, 5) is 14.1. The van der Waals surface area contributed by atoms with Gasteiger partial charge in [0.15, 0.2) is 0 Å². The number of benzene rings is 1. The molecule has 1 aromatic rings. The number of carbonyl (C=O) groups excluding carboxylic acids is 1. The lowest BCUT2D eigenvalue weighted by Gasteiger charge is -2.31. The number of rotatable bonds is 7. The van der Waals surface area contributed by atoms with Gasteiger partial charge in [0.05, 0.1) is 13.7 Å². The Labute approximate surface area is 132 Å². The second-order valence-electron chi connectivity index (χ2n) is 5.84. The van der Waals surface area contributed by atoms with E-state index in [0.29, 0.717) is 19.0 Å². The van der Waals surface area contributed by atoms with Gasteiger partial charge in [-0.25, -0.2) is 0 Å². The smallest absolute Gasteiger partial charge is 0.234 e. The van der Waals surface area contributed by atoms with Gasteiger partial charge in [0, 0.05) is 19.7 Å². The van der Waals surface area contributed by atoms with Gasteiger partial charge < -0.3 is 15.2 Å². The number of methoxy groups -OCH3 is 1. The Kier molecular flexibility index (Phi) is 6.68. The van der Waals surface area contributed by atoms with Crippen LogP contribution in [-0.4, -0.2) is 55.8 Å². The lowest BCUT2D eigenvalue weighted by molar-refractivity contribution is -0.122. The number of nitrogens with one attached hydrogen (secondary N) is 1. The van der Waals surface area contributed by atoms with Gasteiger partial charge in [0.2, 0.25) is 5.91 Å². The monoisotopic (exact) mass is 306 g/mol. The van der Waals surface area contributed by atoms with Crippen LogP contribution in [-0.2, 0) is 11.2 Å². The molecular weight excluding hydrogens is 280 g/mol. The quantitative estimate of drug-likeness (QED) is 0.791. The van der Waals surface area contributed by atoms with Crippen molar-refractivity contribution in [3.8, 4) is 5.75 Å². The van der Waals surface area contributed by atoms with Crippen LogP contribution >= 0.6 is 0 Å². The van der Waals surface area contributed by atoms with E-state index in [1.54, 1.807) is 7.11 Å². The molecule has 1 aliphatic rings. The third-order valence-corrected chi connectivity index (χ3v) is 4.14. The molecule has 1 amide bonds. The van der Waals surface area contributed by atoms with E-state index in [1.807, 2.05) is 24.3 Å².